The van der Waals surface area contributed by atoms with Gasteiger partial charge in [-0.15, -0.1) is 0 Å². The molecule has 0 bridgehead atoms. The number of hydrogen-bond acceptors (Lipinski definition) is 4. The quantitative estimate of drug-likeness (QED) is 0.826. The van der Waals surface area contributed by atoms with Crippen LogP contribution in [-0.4, -0.2) is 43.0 Å². The third kappa shape index (κ3) is 3.12. The van der Waals surface area contributed by atoms with Crippen molar-refractivity contribution in [2.75, 3.05) is 26.5 Å². The predicted octanol–water partition coefficient (Wildman–Crippen LogP) is 0.979. The molecule has 88 valence electrons. The second-order valence-corrected chi connectivity index (χ2v) is 3.68. The largest absolute Gasteiger partial charge is 0.495 e. The van der Waals surface area contributed by atoms with Gasteiger partial charge in [-0.25, -0.2) is 4.98 Å². The molecule has 0 spiro atoms. The molecule has 1 aromatic rings. The Morgan fingerprint density at radius 2 is 2.19 bits per heavy atom. The maximum atomic E-state index is 11.6. The van der Waals surface area contributed by atoms with E-state index in [9.17, 15) is 4.79 Å². The molecule has 1 aromatic heterocycles. The van der Waals surface area contributed by atoms with E-state index in [1.54, 1.807) is 51.4 Å². The summed E-state index contributed by atoms with van der Waals surface area (Å²) < 4.78 is 4.99. The molecule has 1 rings (SSSR count). The van der Waals surface area contributed by atoms with E-state index in [0.717, 1.165) is 0 Å². The molecule has 0 aliphatic rings. The Morgan fingerprint density at radius 3 is 2.62 bits per heavy atom. The van der Waals surface area contributed by atoms with Crippen molar-refractivity contribution in [1.29, 1.82) is 0 Å². The van der Waals surface area contributed by atoms with E-state index in [2.05, 4.69) is 10.3 Å². The molecule has 5 heteroatoms. The average molecular weight is 223 g/mol. The van der Waals surface area contributed by atoms with Crippen molar-refractivity contribution in [1.82, 2.24) is 9.88 Å². The van der Waals surface area contributed by atoms with Crippen molar-refractivity contribution in [3.05, 3.63) is 18.3 Å². The molecule has 1 unspecified atom stereocenters. The van der Waals surface area contributed by atoms with Gasteiger partial charge in [-0.1, -0.05) is 0 Å². The van der Waals surface area contributed by atoms with Gasteiger partial charge in [-0.3, -0.25) is 4.79 Å². The summed E-state index contributed by atoms with van der Waals surface area (Å²) in [6.45, 7) is 1.80. The van der Waals surface area contributed by atoms with Gasteiger partial charge in [0.1, 0.15) is 17.6 Å². The van der Waals surface area contributed by atoms with Gasteiger partial charge in [-0.05, 0) is 19.1 Å². The minimum Gasteiger partial charge on any atom is -0.495 e. The molecule has 5 nitrogen and oxygen atoms in total. The molecule has 1 atom stereocenters. The third-order valence-corrected chi connectivity index (χ3v) is 2.15. The second kappa shape index (κ2) is 5.34. The second-order valence-electron chi connectivity index (χ2n) is 3.68. The summed E-state index contributed by atoms with van der Waals surface area (Å²) in [4.78, 5) is 17.2. The van der Waals surface area contributed by atoms with E-state index in [-0.39, 0.29) is 11.9 Å². The number of hydrogen-bond donors (Lipinski definition) is 1. The number of nitrogens with one attached hydrogen (secondary N) is 1. The van der Waals surface area contributed by atoms with Crippen molar-refractivity contribution < 1.29 is 9.53 Å². The van der Waals surface area contributed by atoms with Crippen LogP contribution >= 0.6 is 0 Å². The number of carbonyl (C=O) groups is 1. The first kappa shape index (κ1) is 12.3. The highest BCUT2D eigenvalue weighted by Gasteiger charge is 2.14. The van der Waals surface area contributed by atoms with Crippen molar-refractivity contribution in [3.63, 3.8) is 0 Å². The molecule has 1 N–H and O–H groups in total. The van der Waals surface area contributed by atoms with Crippen molar-refractivity contribution in [3.8, 4) is 5.75 Å². The van der Waals surface area contributed by atoms with Gasteiger partial charge in [0.15, 0.2) is 0 Å². The molecule has 0 fully saturated rings. The molecule has 0 aliphatic heterocycles. The lowest BCUT2D eigenvalue weighted by Gasteiger charge is -2.18. The van der Waals surface area contributed by atoms with Crippen LogP contribution in [0.25, 0.3) is 0 Å². The number of carbonyl (C=O) groups excluding carboxylic acids is 1. The SMILES string of the molecule is COc1ccc(NC(C)C(=O)N(C)C)nc1. The first-order chi connectivity index (χ1) is 7.54. The van der Waals surface area contributed by atoms with E-state index >= 15 is 0 Å². The first-order valence-electron chi connectivity index (χ1n) is 5.02. The minimum atomic E-state index is -0.295. The predicted molar refractivity (Wildman–Crippen MR) is 62.6 cm³/mol. The van der Waals surface area contributed by atoms with Crippen molar-refractivity contribution in [2.24, 2.45) is 0 Å². The molecule has 0 aliphatic carbocycles. The van der Waals surface area contributed by atoms with Crippen LogP contribution in [0, 0.1) is 0 Å². The van der Waals surface area contributed by atoms with E-state index in [0.29, 0.717) is 11.6 Å². The summed E-state index contributed by atoms with van der Waals surface area (Å²) in [5.74, 6) is 1.36. The van der Waals surface area contributed by atoms with Gasteiger partial charge < -0.3 is 15.0 Å². The maximum absolute atomic E-state index is 11.6. The number of ether oxygens (including phenoxy) is 1. The van der Waals surface area contributed by atoms with E-state index in [1.165, 1.54) is 0 Å². The monoisotopic (exact) mass is 223 g/mol. The molecule has 0 saturated carbocycles. The van der Waals surface area contributed by atoms with E-state index in [1.807, 2.05) is 0 Å². The fourth-order valence-corrected chi connectivity index (χ4v) is 1.26. The summed E-state index contributed by atoms with van der Waals surface area (Å²) in [6.07, 6.45) is 1.61. The lowest BCUT2D eigenvalue weighted by Crippen LogP contribution is -2.36. The van der Waals surface area contributed by atoms with Crippen molar-refractivity contribution in [2.45, 2.75) is 13.0 Å². The lowest BCUT2D eigenvalue weighted by molar-refractivity contribution is -0.129. The number of anilines is 1. The van der Waals surface area contributed by atoms with Gasteiger partial charge in [0, 0.05) is 14.1 Å². The topological polar surface area (TPSA) is 54.5 Å². The highest BCUT2D eigenvalue weighted by molar-refractivity contribution is 5.83. The zero-order chi connectivity index (χ0) is 12.1. The van der Waals surface area contributed by atoms with E-state index < -0.39 is 0 Å². The van der Waals surface area contributed by atoms with Crippen LogP contribution in [0.2, 0.25) is 0 Å². The summed E-state index contributed by atoms with van der Waals surface area (Å²) in [5, 5.41) is 3.02. The summed E-state index contributed by atoms with van der Waals surface area (Å²) in [5.41, 5.74) is 0. The van der Waals surface area contributed by atoms with Crippen LogP contribution < -0.4 is 10.1 Å². The summed E-state index contributed by atoms with van der Waals surface area (Å²) in [7, 11) is 5.03. The Hall–Kier alpha value is -1.78. The summed E-state index contributed by atoms with van der Waals surface area (Å²) in [6, 6.07) is 3.27. The Labute approximate surface area is 95.4 Å². The van der Waals surface area contributed by atoms with Gasteiger partial charge in [0.05, 0.1) is 13.3 Å². The number of amides is 1. The highest BCUT2D eigenvalue weighted by Crippen LogP contribution is 2.12. The highest BCUT2D eigenvalue weighted by atomic mass is 16.5. The zero-order valence-corrected chi connectivity index (χ0v) is 10.0. The van der Waals surface area contributed by atoms with Gasteiger partial charge in [0.2, 0.25) is 5.91 Å². The smallest absolute Gasteiger partial charge is 0.244 e. The number of likely N-dealkylation sites (N-methyl/N-ethyl adjacent to an activating group) is 1. The number of nitrogens with zero attached hydrogens (tertiary/aromatic N) is 2. The van der Waals surface area contributed by atoms with Crippen LogP contribution in [0.15, 0.2) is 18.3 Å². The normalized spacial score (nSPS) is 11.8. The average Bonchev–Trinajstić information content (AvgIpc) is 2.28. The number of pyridine rings is 1. The Balaban J connectivity index is 2.62. The van der Waals surface area contributed by atoms with E-state index in [4.69, 9.17) is 4.74 Å². The number of methoxy groups -OCH3 is 1. The summed E-state index contributed by atoms with van der Waals surface area (Å²) >= 11 is 0. The maximum Gasteiger partial charge on any atom is 0.244 e. The third-order valence-electron chi connectivity index (χ3n) is 2.15. The first-order valence-corrected chi connectivity index (χ1v) is 5.02. The molecule has 0 aromatic carbocycles. The fourth-order valence-electron chi connectivity index (χ4n) is 1.26. The van der Waals surface area contributed by atoms with Crippen LogP contribution in [0.4, 0.5) is 5.82 Å². The number of aromatic nitrogens is 1. The lowest BCUT2D eigenvalue weighted by atomic mass is 10.3. The Kier molecular flexibility index (Phi) is 4.10. The molecule has 0 radical (unpaired) electrons. The fraction of sp³-hybridized carbons (Fsp3) is 0.455. The molecular weight excluding hydrogens is 206 g/mol. The van der Waals surface area contributed by atoms with Gasteiger partial charge >= 0.3 is 0 Å². The molecule has 1 amide bonds. The Bertz CT molecular complexity index is 349. The van der Waals surface area contributed by atoms with Crippen LogP contribution in [0.5, 0.6) is 5.75 Å². The van der Waals surface area contributed by atoms with Gasteiger partial charge in [0.25, 0.3) is 0 Å². The van der Waals surface area contributed by atoms with Crippen LogP contribution in [-0.2, 0) is 4.79 Å². The Morgan fingerprint density at radius 1 is 1.50 bits per heavy atom. The number of rotatable bonds is 4. The molecule has 0 saturated heterocycles. The molecular formula is C11H17N3O2. The standard InChI is InChI=1S/C11H17N3O2/c1-8(11(15)14(2)3)13-10-6-5-9(16-4)7-12-10/h5-8H,1-4H3,(H,12,13). The van der Waals surface area contributed by atoms with Crippen LogP contribution in [0.3, 0.4) is 0 Å². The van der Waals surface area contributed by atoms with Gasteiger partial charge in [-0.2, -0.15) is 0 Å². The molecule has 1 heterocycles. The minimum absolute atomic E-state index is 0.0117. The van der Waals surface area contributed by atoms with Crippen LogP contribution in [0.1, 0.15) is 6.92 Å². The van der Waals surface area contributed by atoms with Crippen molar-refractivity contribution >= 4 is 11.7 Å². The molecule has 16 heavy (non-hydrogen) atoms. The zero-order valence-electron chi connectivity index (χ0n) is 10.0.